The van der Waals surface area contributed by atoms with E-state index in [0.717, 1.165) is 12.1 Å². The number of hydrogen-bond acceptors (Lipinski definition) is 2. The molecule has 0 bridgehead atoms. The van der Waals surface area contributed by atoms with E-state index in [1.807, 2.05) is 6.07 Å². The average molecular weight is 234 g/mol. The Balaban J connectivity index is 3.05. The van der Waals surface area contributed by atoms with E-state index in [0.29, 0.717) is 23.1 Å². The molecule has 92 valence electrons. The van der Waals surface area contributed by atoms with E-state index < -0.39 is 0 Å². The van der Waals surface area contributed by atoms with Crippen molar-refractivity contribution in [2.45, 2.75) is 40.2 Å². The van der Waals surface area contributed by atoms with Crippen LogP contribution in [-0.4, -0.2) is 6.04 Å². The maximum Gasteiger partial charge on any atom is 0.129 e. The lowest BCUT2D eigenvalue weighted by Crippen LogP contribution is -2.25. The van der Waals surface area contributed by atoms with Gasteiger partial charge in [-0.2, -0.15) is 5.26 Å². The van der Waals surface area contributed by atoms with Crippen LogP contribution >= 0.6 is 0 Å². The molecule has 1 aromatic carbocycles. The molecule has 0 aliphatic heterocycles. The molecule has 1 unspecified atom stereocenters. The SMILES string of the molecule is CCC(Nc1cc(C#N)cc(F)c1C)C(C)C. The van der Waals surface area contributed by atoms with Crippen molar-refractivity contribution in [2.24, 2.45) is 5.92 Å². The Morgan fingerprint density at radius 3 is 2.53 bits per heavy atom. The monoisotopic (exact) mass is 234 g/mol. The second-order valence-electron chi connectivity index (χ2n) is 4.65. The summed E-state index contributed by atoms with van der Waals surface area (Å²) in [6.45, 7) is 8.07. The molecular weight excluding hydrogens is 215 g/mol. The number of nitriles is 1. The van der Waals surface area contributed by atoms with Crippen LogP contribution < -0.4 is 5.32 Å². The fourth-order valence-corrected chi connectivity index (χ4v) is 1.83. The fraction of sp³-hybridized carbons (Fsp3) is 0.500. The predicted molar refractivity (Wildman–Crippen MR) is 68.4 cm³/mol. The molecule has 3 heteroatoms. The lowest BCUT2D eigenvalue weighted by atomic mass is 10.0. The Bertz CT molecular complexity index is 433. The van der Waals surface area contributed by atoms with Crippen LogP contribution in [0, 0.1) is 30.0 Å². The maximum atomic E-state index is 13.6. The highest BCUT2D eigenvalue weighted by atomic mass is 19.1. The minimum Gasteiger partial charge on any atom is -0.382 e. The number of anilines is 1. The molecule has 0 saturated heterocycles. The van der Waals surface area contributed by atoms with Crippen LogP contribution in [0.1, 0.15) is 38.3 Å². The molecule has 0 spiro atoms. The smallest absolute Gasteiger partial charge is 0.129 e. The molecule has 0 aliphatic carbocycles. The van der Waals surface area contributed by atoms with Gasteiger partial charge in [0.1, 0.15) is 5.82 Å². The van der Waals surface area contributed by atoms with Crippen molar-refractivity contribution >= 4 is 5.69 Å². The van der Waals surface area contributed by atoms with Crippen molar-refractivity contribution in [1.82, 2.24) is 0 Å². The van der Waals surface area contributed by atoms with Crippen molar-refractivity contribution in [3.63, 3.8) is 0 Å². The fourth-order valence-electron chi connectivity index (χ4n) is 1.83. The summed E-state index contributed by atoms with van der Waals surface area (Å²) >= 11 is 0. The third-order valence-corrected chi connectivity index (χ3v) is 3.06. The Morgan fingerprint density at radius 2 is 2.06 bits per heavy atom. The quantitative estimate of drug-likeness (QED) is 0.858. The summed E-state index contributed by atoms with van der Waals surface area (Å²) in [5.74, 6) is 0.137. The zero-order chi connectivity index (χ0) is 13.0. The molecule has 2 nitrogen and oxygen atoms in total. The van der Waals surface area contributed by atoms with E-state index in [4.69, 9.17) is 5.26 Å². The average Bonchev–Trinajstić information content (AvgIpc) is 2.30. The first-order valence-electron chi connectivity index (χ1n) is 5.96. The van der Waals surface area contributed by atoms with E-state index in [9.17, 15) is 4.39 Å². The molecule has 1 atom stereocenters. The molecule has 0 aromatic heterocycles. The van der Waals surface area contributed by atoms with Gasteiger partial charge in [-0.1, -0.05) is 20.8 Å². The van der Waals surface area contributed by atoms with Gasteiger partial charge in [-0.25, -0.2) is 4.39 Å². The zero-order valence-corrected chi connectivity index (χ0v) is 10.8. The largest absolute Gasteiger partial charge is 0.382 e. The molecule has 1 N–H and O–H groups in total. The summed E-state index contributed by atoms with van der Waals surface area (Å²) in [5.41, 5.74) is 1.65. The summed E-state index contributed by atoms with van der Waals surface area (Å²) in [7, 11) is 0. The Labute approximate surface area is 102 Å². The van der Waals surface area contributed by atoms with E-state index in [1.165, 1.54) is 6.07 Å². The lowest BCUT2D eigenvalue weighted by Gasteiger charge is -2.23. The van der Waals surface area contributed by atoms with Gasteiger partial charge in [0.05, 0.1) is 11.6 Å². The van der Waals surface area contributed by atoms with E-state index in [-0.39, 0.29) is 5.82 Å². The molecule has 0 saturated carbocycles. The first-order valence-corrected chi connectivity index (χ1v) is 5.96. The van der Waals surface area contributed by atoms with Crippen LogP contribution in [0.5, 0.6) is 0 Å². The first-order chi connectivity index (χ1) is 7.99. The predicted octanol–water partition coefficient (Wildman–Crippen LogP) is 3.85. The summed E-state index contributed by atoms with van der Waals surface area (Å²) in [5, 5.41) is 12.2. The van der Waals surface area contributed by atoms with Crippen molar-refractivity contribution in [3.05, 3.63) is 29.1 Å². The number of benzene rings is 1. The molecule has 17 heavy (non-hydrogen) atoms. The van der Waals surface area contributed by atoms with Crippen LogP contribution in [-0.2, 0) is 0 Å². The van der Waals surface area contributed by atoms with Gasteiger partial charge in [-0.05, 0) is 31.4 Å². The Hall–Kier alpha value is -1.56. The van der Waals surface area contributed by atoms with Gasteiger partial charge in [0.25, 0.3) is 0 Å². The van der Waals surface area contributed by atoms with Crippen LogP contribution in [0.3, 0.4) is 0 Å². The molecular formula is C14H19FN2. The number of nitrogens with zero attached hydrogens (tertiary/aromatic N) is 1. The van der Waals surface area contributed by atoms with Gasteiger partial charge in [-0.15, -0.1) is 0 Å². The van der Waals surface area contributed by atoms with E-state index in [2.05, 4.69) is 26.1 Å². The molecule has 0 radical (unpaired) electrons. The molecule has 0 heterocycles. The van der Waals surface area contributed by atoms with Gasteiger partial charge in [-0.3, -0.25) is 0 Å². The molecule has 0 amide bonds. The minimum atomic E-state index is -0.329. The number of rotatable bonds is 4. The van der Waals surface area contributed by atoms with Gasteiger partial charge in [0, 0.05) is 17.3 Å². The third kappa shape index (κ3) is 3.20. The highest BCUT2D eigenvalue weighted by Gasteiger charge is 2.14. The summed E-state index contributed by atoms with van der Waals surface area (Å²) < 4.78 is 13.6. The van der Waals surface area contributed by atoms with Gasteiger partial charge in [0.15, 0.2) is 0 Å². The van der Waals surface area contributed by atoms with Crippen molar-refractivity contribution in [1.29, 1.82) is 5.26 Å². The van der Waals surface area contributed by atoms with E-state index >= 15 is 0 Å². The summed E-state index contributed by atoms with van der Waals surface area (Å²) in [6, 6.07) is 5.26. The number of hydrogen-bond donors (Lipinski definition) is 1. The third-order valence-electron chi connectivity index (χ3n) is 3.06. The molecule has 0 fully saturated rings. The second kappa shape index (κ2) is 5.67. The first kappa shape index (κ1) is 13.5. The van der Waals surface area contributed by atoms with E-state index in [1.54, 1.807) is 13.0 Å². The minimum absolute atomic E-state index is 0.294. The molecule has 1 aromatic rings. The maximum absolute atomic E-state index is 13.6. The molecule has 1 rings (SSSR count). The van der Waals surface area contributed by atoms with Crippen LogP contribution in [0.15, 0.2) is 12.1 Å². The molecule has 0 aliphatic rings. The van der Waals surface area contributed by atoms with Crippen molar-refractivity contribution < 1.29 is 4.39 Å². The topological polar surface area (TPSA) is 35.8 Å². The van der Waals surface area contributed by atoms with Crippen molar-refractivity contribution in [3.8, 4) is 6.07 Å². The van der Waals surface area contributed by atoms with Gasteiger partial charge >= 0.3 is 0 Å². The number of halogens is 1. The van der Waals surface area contributed by atoms with Gasteiger partial charge in [0.2, 0.25) is 0 Å². The summed E-state index contributed by atoms with van der Waals surface area (Å²) in [4.78, 5) is 0. The Kier molecular flexibility index (Phi) is 4.51. The van der Waals surface area contributed by atoms with Crippen molar-refractivity contribution in [2.75, 3.05) is 5.32 Å². The normalized spacial score (nSPS) is 12.3. The summed E-state index contributed by atoms with van der Waals surface area (Å²) in [6.07, 6.45) is 0.968. The zero-order valence-electron chi connectivity index (χ0n) is 10.8. The van der Waals surface area contributed by atoms with Crippen LogP contribution in [0.25, 0.3) is 0 Å². The highest BCUT2D eigenvalue weighted by molar-refractivity contribution is 5.56. The highest BCUT2D eigenvalue weighted by Crippen LogP contribution is 2.23. The van der Waals surface area contributed by atoms with Gasteiger partial charge < -0.3 is 5.32 Å². The number of nitrogens with one attached hydrogen (secondary N) is 1. The second-order valence-corrected chi connectivity index (χ2v) is 4.65. The Morgan fingerprint density at radius 1 is 1.41 bits per heavy atom. The standard InChI is InChI=1S/C14H19FN2/c1-5-13(9(2)3)17-14-7-11(8-16)6-12(15)10(14)4/h6-7,9,13,17H,5H2,1-4H3. The van der Waals surface area contributed by atoms with Crippen LogP contribution in [0.4, 0.5) is 10.1 Å². The van der Waals surface area contributed by atoms with Crippen LogP contribution in [0.2, 0.25) is 0 Å². The lowest BCUT2D eigenvalue weighted by molar-refractivity contribution is 0.510.